The van der Waals surface area contributed by atoms with E-state index in [1.54, 1.807) is 0 Å². The molecule has 1 nitrogen and oxygen atoms in total. The van der Waals surface area contributed by atoms with Gasteiger partial charge in [-0.2, -0.15) is 0 Å². The standard InChI is InChI=1S/C13H19N/c1-4-13(2,3)10-6-5-9-7-12(14)11(9)8-10/h5-6,8,12H,4,7,14H2,1-3H3. The van der Waals surface area contributed by atoms with E-state index in [1.165, 1.54) is 23.1 Å². The summed E-state index contributed by atoms with van der Waals surface area (Å²) in [7, 11) is 0. The molecule has 0 aliphatic heterocycles. The number of hydrogen-bond donors (Lipinski definition) is 1. The van der Waals surface area contributed by atoms with E-state index in [9.17, 15) is 0 Å². The Labute approximate surface area is 86.3 Å². The maximum absolute atomic E-state index is 5.94. The van der Waals surface area contributed by atoms with E-state index in [4.69, 9.17) is 5.73 Å². The largest absolute Gasteiger partial charge is 0.324 e. The molecule has 1 unspecified atom stereocenters. The first kappa shape index (κ1) is 9.72. The minimum Gasteiger partial charge on any atom is -0.324 e. The van der Waals surface area contributed by atoms with Gasteiger partial charge in [-0.05, 0) is 34.9 Å². The number of benzene rings is 1. The second-order valence-electron chi connectivity index (χ2n) is 4.96. The molecule has 0 radical (unpaired) electrons. The molecule has 0 amide bonds. The molecule has 1 aromatic rings. The zero-order valence-corrected chi connectivity index (χ0v) is 9.30. The average molecular weight is 189 g/mol. The summed E-state index contributed by atoms with van der Waals surface area (Å²) in [6.07, 6.45) is 2.23. The predicted molar refractivity (Wildman–Crippen MR) is 60.4 cm³/mol. The van der Waals surface area contributed by atoms with Gasteiger partial charge in [-0.1, -0.05) is 39.0 Å². The van der Waals surface area contributed by atoms with Crippen molar-refractivity contribution in [3.8, 4) is 0 Å². The topological polar surface area (TPSA) is 26.0 Å². The van der Waals surface area contributed by atoms with Gasteiger partial charge in [-0.3, -0.25) is 0 Å². The lowest BCUT2D eigenvalue weighted by Gasteiger charge is -2.31. The summed E-state index contributed by atoms with van der Waals surface area (Å²) in [5, 5.41) is 0. The quantitative estimate of drug-likeness (QED) is 0.760. The molecule has 1 atom stereocenters. The highest BCUT2D eigenvalue weighted by Crippen LogP contribution is 2.35. The molecule has 1 heteroatoms. The van der Waals surface area contributed by atoms with Crippen molar-refractivity contribution < 1.29 is 0 Å². The molecule has 0 heterocycles. The van der Waals surface area contributed by atoms with Crippen LogP contribution in [-0.4, -0.2) is 0 Å². The molecular formula is C13H19N. The Morgan fingerprint density at radius 2 is 2.14 bits per heavy atom. The SMILES string of the molecule is CCC(C)(C)c1ccc2c(c1)C(N)C2. The Morgan fingerprint density at radius 3 is 2.71 bits per heavy atom. The van der Waals surface area contributed by atoms with Gasteiger partial charge in [-0.15, -0.1) is 0 Å². The van der Waals surface area contributed by atoms with Crippen molar-refractivity contribution in [2.75, 3.05) is 0 Å². The number of fused-ring (bicyclic) bond motifs is 1. The highest BCUT2D eigenvalue weighted by Gasteiger charge is 2.25. The van der Waals surface area contributed by atoms with Gasteiger partial charge in [0.05, 0.1) is 0 Å². The van der Waals surface area contributed by atoms with Crippen molar-refractivity contribution in [1.82, 2.24) is 0 Å². The van der Waals surface area contributed by atoms with Crippen molar-refractivity contribution in [3.05, 3.63) is 34.9 Å². The number of hydrogen-bond acceptors (Lipinski definition) is 1. The summed E-state index contributed by atoms with van der Waals surface area (Å²) in [4.78, 5) is 0. The zero-order valence-electron chi connectivity index (χ0n) is 9.30. The summed E-state index contributed by atoms with van der Waals surface area (Å²) >= 11 is 0. The van der Waals surface area contributed by atoms with E-state index in [-0.39, 0.29) is 11.5 Å². The van der Waals surface area contributed by atoms with Crippen LogP contribution in [0.2, 0.25) is 0 Å². The van der Waals surface area contributed by atoms with Gasteiger partial charge in [-0.25, -0.2) is 0 Å². The van der Waals surface area contributed by atoms with Crippen LogP contribution in [0.4, 0.5) is 0 Å². The van der Waals surface area contributed by atoms with Crippen LogP contribution in [0.15, 0.2) is 18.2 Å². The monoisotopic (exact) mass is 189 g/mol. The van der Waals surface area contributed by atoms with Gasteiger partial charge in [0, 0.05) is 6.04 Å². The molecule has 0 saturated heterocycles. The Morgan fingerprint density at radius 1 is 1.43 bits per heavy atom. The third-order valence-corrected chi connectivity index (χ3v) is 3.65. The van der Waals surface area contributed by atoms with Gasteiger partial charge < -0.3 is 5.73 Å². The van der Waals surface area contributed by atoms with E-state index < -0.39 is 0 Å². The maximum Gasteiger partial charge on any atom is 0.0338 e. The molecule has 0 aromatic heterocycles. The zero-order chi connectivity index (χ0) is 10.3. The highest BCUT2D eigenvalue weighted by molar-refractivity contribution is 5.43. The fourth-order valence-electron chi connectivity index (χ4n) is 1.97. The molecule has 0 saturated carbocycles. The first-order valence-electron chi connectivity index (χ1n) is 5.43. The molecule has 2 rings (SSSR count). The Bertz CT molecular complexity index is 352. The molecule has 1 aliphatic rings. The molecule has 1 aliphatic carbocycles. The summed E-state index contributed by atoms with van der Waals surface area (Å²) < 4.78 is 0. The van der Waals surface area contributed by atoms with Crippen LogP contribution in [0, 0.1) is 0 Å². The van der Waals surface area contributed by atoms with Crippen molar-refractivity contribution in [3.63, 3.8) is 0 Å². The van der Waals surface area contributed by atoms with Crippen LogP contribution < -0.4 is 5.73 Å². The summed E-state index contributed by atoms with van der Waals surface area (Å²) in [5.41, 5.74) is 10.5. The lowest BCUT2D eigenvalue weighted by atomic mass is 9.76. The van der Waals surface area contributed by atoms with Gasteiger partial charge >= 0.3 is 0 Å². The van der Waals surface area contributed by atoms with E-state index in [1.807, 2.05) is 0 Å². The fraction of sp³-hybridized carbons (Fsp3) is 0.538. The van der Waals surface area contributed by atoms with Gasteiger partial charge in [0.15, 0.2) is 0 Å². The minimum absolute atomic E-state index is 0.282. The van der Waals surface area contributed by atoms with Crippen molar-refractivity contribution >= 4 is 0 Å². The molecule has 0 spiro atoms. The number of rotatable bonds is 2. The van der Waals surface area contributed by atoms with E-state index in [0.29, 0.717) is 0 Å². The van der Waals surface area contributed by atoms with Crippen LogP contribution >= 0.6 is 0 Å². The fourth-order valence-corrected chi connectivity index (χ4v) is 1.97. The summed E-state index contributed by atoms with van der Waals surface area (Å²) in [6, 6.07) is 7.09. The molecule has 76 valence electrons. The van der Waals surface area contributed by atoms with Crippen molar-refractivity contribution in [2.45, 2.75) is 45.1 Å². The van der Waals surface area contributed by atoms with Crippen LogP contribution in [0.5, 0.6) is 0 Å². The van der Waals surface area contributed by atoms with Crippen LogP contribution in [-0.2, 0) is 11.8 Å². The van der Waals surface area contributed by atoms with E-state index in [2.05, 4.69) is 39.0 Å². The first-order valence-corrected chi connectivity index (χ1v) is 5.43. The third-order valence-electron chi connectivity index (χ3n) is 3.65. The normalized spacial score (nSPS) is 20.1. The van der Waals surface area contributed by atoms with Gasteiger partial charge in [0.2, 0.25) is 0 Å². The van der Waals surface area contributed by atoms with Crippen molar-refractivity contribution in [2.24, 2.45) is 5.73 Å². The Hall–Kier alpha value is -0.820. The van der Waals surface area contributed by atoms with Crippen LogP contribution in [0.25, 0.3) is 0 Å². The first-order chi connectivity index (χ1) is 6.54. The Balaban J connectivity index is 2.38. The van der Waals surface area contributed by atoms with Crippen LogP contribution in [0.1, 0.15) is 49.9 Å². The van der Waals surface area contributed by atoms with Gasteiger partial charge in [0.1, 0.15) is 0 Å². The highest BCUT2D eigenvalue weighted by atomic mass is 14.7. The summed E-state index contributed by atoms with van der Waals surface area (Å²) in [6.45, 7) is 6.82. The molecule has 14 heavy (non-hydrogen) atoms. The van der Waals surface area contributed by atoms with E-state index >= 15 is 0 Å². The second kappa shape index (κ2) is 3.09. The molecule has 1 aromatic carbocycles. The molecule has 0 fully saturated rings. The lowest BCUT2D eigenvalue weighted by molar-refractivity contribution is 0.502. The minimum atomic E-state index is 0.282. The Kier molecular flexibility index (Phi) is 2.15. The average Bonchev–Trinajstić information content (AvgIpc) is 2.16. The maximum atomic E-state index is 5.94. The van der Waals surface area contributed by atoms with Crippen molar-refractivity contribution in [1.29, 1.82) is 0 Å². The molecule has 0 bridgehead atoms. The second-order valence-corrected chi connectivity index (χ2v) is 4.96. The van der Waals surface area contributed by atoms with E-state index in [0.717, 1.165) is 6.42 Å². The van der Waals surface area contributed by atoms with Crippen LogP contribution in [0.3, 0.4) is 0 Å². The molecular weight excluding hydrogens is 170 g/mol. The molecule has 2 N–H and O–H groups in total. The lowest BCUT2D eigenvalue weighted by Crippen LogP contribution is -2.26. The van der Waals surface area contributed by atoms with Gasteiger partial charge in [0.25, 0.3) is 0 Å². The predicted octanol–water partition coefficient (Wildman–Crippen LogP) is 2.93. The third kappa shape index (κ3) is 1.36. The number of nitrogens with two attached hydrogens (primary N) is 1. The smallest absolute Gasteiger partial charge is 0.0338 e. The summed E-state index contributed by atoms with van der Waals surface area (Å²) in [5.74, 6) is 0.